The highest BCUT2D eigenvalue weighted by Crippen LogP contribution is 2.21. The van der Waals surface area contributed by atoms with Gasteiger partial charge in [0.25, 0.3) is 5.91 Å². The fourth-order valence-electron chi connectivity index (χ4n) is 3.56. The van der Waals surface area contributed by atoms with E-state index in [0.717, 1.165) is 31.5 Å². The van der Waals surface area contributed by atoms with Crippen LogP contribution in [0, 0.1) is 0 Å². The minimum Gasteiger partial charge on any atom is -0.352 e. The lowest BCUT2D eigenvalue weighted by Gasteiger charge is -2.11. The number of para-hydroxylation sites is 1. The van der Waals surface area contributed by atoms with Crippen LogP contribution in [0.2, 0.25) is 0 Å². The topological polar surface area (TPSA) is 59.0 Å². The zero-order valence-corrected chi connectivity index (χ0v) is 15.3. The third-order valence-electron chi connectivity index (χ3n) is 4.99. The van der Waals surface area contributed by atoms with E-state index in [1.54, 1.807) is 17.1 Å². The summed E-state index contributed by atoms with van der Waals surface area (Å²) in [6.45, 7) is 1.56. The van der Waals surface area contributed by atoms with Crippen LogP contribution in [0.1, 0.15) is 27.9 Å². The van der Waals surface area contributed by atoms with Gasteiger partial charge in [0.1, 0.15) is 0 Å². The molecule has 0 saturated carbocycles. The Morgan fingerprint density at radius 1 is 1.00 bits per heavy atom. The van der Waals surface area contributed by atoms with Gasteiger partial charge >= 0.3 is 0 Å². The van der Waals surface area contributed by atoms with Crippen molar-refractivity contribution in [3.63, 3.8) is 0 Å². The maximum absolute atomic E-state index is 12.3. The molecule has 0 spiro atoms. The molecule has 2 aromatic carbocycles. The van der Waals surface area contributed by atoms with E-state index in [1.807, 2.05) is 30.3 Å². The molecule has 1 amide bonds. The van der Waals surface area contributed by atoms with Gasteiger partial charge in [0.15, 0.2) is 0 Å². The van der Waals surface area contributed by atoms with Crippen LogP contribution in [0.3, 0.4) is 0 Å². The monoisotopic (exact) mass is 360 g/mol. The summed E-state index contributed by atoms with van der Waals surface area (Å²) in [5.41, 5.74) is 4.44. The lowest BCUT2D eigenvalue weighted by atomic mass is 10.1. The number of fused-ring (bicyclic) bond motifs is 1. The second-order valence-corrected chi connectivity index (χ2v) is 6.95. The van der Waals surface area contributed by atoms with Crippen molar-refractivity contribution in [2.45, 2.75) is 25.3 Å². The molecule has 1 aromatic heterocycles. The molecule has 3 aromatic rings. The number of hydrogen-bond acceptors (Lipinski definition) is 3. The van der Waals surface area contributed by atoms with Crippen molar-refractivity contribution < 1.29 is 4.79 Å². The van der Waals surface area contributed by atoms with Gasteiger partial charge < -0.3 is 10.6 Å². The summed E-state index contributed by atoms with van der Waals surface area (Å²) in [4.78, 5) is 12.3. The summed E-state index contributed by atoms with van der Waals surface area (Å²) in [5.74, 6) is -0.0783. The standard InChI is InChI=1S/C22H24N4O/c27-22(19-15-25-26(16-19)21-9-2-1-3-10-21)24-12-6-11-23-20-13-17-7-4-5-8-18(17)14-20/h1-5,7-10,15-16,20,23H,6,11-14H2,(H,24,27). The van der Waals surface area contributed by atoms with Gasteiger partial charge in [-0.05, 0) is 49.1 Å². The predicted octanol–water partition coefficient (Wildman–Crippen LogP) is 2.75. The summed E-state index contributed by atoms with van der Waals surface area (Å²) in [6.07, 6.45) is 6.48. The van der Waals surface area contributed by atoms with Gasteiger partial charge in [-0.15, -0.1) is 0 Å². The minimum atomic E-state index is -0.0783. The quantitative estimate of drug-likeness (QED) is 0.637. The van der Waals surface area contributed by atoms with E-state index in [4.69, 9.17) is 0 Å². The molecule has 5 nitrogen and oxygen atoms in total. The average Bonchev–Trinajstić information content (AvgIpc) is 3.35. The molecular formula is C22H24N4O. The molecule has 0 unspecified atom stereocenters. The summed E-state index contributed by atoms with van der Waals surface area (Å²) in [7, 11) is 0. The number of nitrogens with one attached hydrogen (secondary N) is 2. The lowest BCUT2D eigenvalue weighted by molar-refractivity contribution is 0.0953. The molecule has 1 heterocycles. The Morgan fingerprint density at radius 2 is 1.70 bits per heavy atom. The highest BCUT2D eigenvalue weighted by molar-refractivity contribution is 5.93. The Bertz CT molecular complexity index is 878. The van der Waals surface area contributed by atoms with E-state index >= 15 is 0 Å². The molecule has 27 heavy (non-hydrogen) atoms. The van der Waals surface area contributed by atoms with Crippen molar-refractivity contribution >= 4 is 5.91 Å². The summed E-state index contributed by atoms with van der Waals surface area (Å²) in [6, 6.07) is 18.9. The Morgan fingerprint density at radius 3 is 2.44 bits per heavy atom. The lowest BCUT2D eigenvalue weighted by Crippen LogP contribution is -2.33. The van der Waals surface area contributed by atoms with Crippen LogP contribution in [-0.4, -0.2) is 34.8 Å². The molecule has 138 valence electrons. The molecule has 4 rings (SSSR count). The molecule has 0 fully saturated rings. The second kappa shape index (κ2) is 8.18. The molecule has 0 saturated heterocycles. The van der Waals surface area contributed by atoms with E-state index in [2.05, 4.69) is 40.0 Å². The maximum Gasteiger partial charge on any atom is 0.254 e. The number of aromatic nitrogens is 2. The predicted molar refractivity (Wildman–Crippen MR) is 106 cm³/mol. The van der Waals surface area contributed by atoms with Gasteiger partial charge in [0.2, 0.25) is 0 Å². The number of rotatable bonds is 7. The van der Waals surface area contributed by atoms with E-state index < -0.39 is 0 Å². The Balaban J connectivity index is 1.18. The summed E-state index contributed by atoms with van der Waals surface area (Å²) < 4.78 is 1.72. The van der Waals surface area contributed by atoms with Gasteiger partial charge in [-0.25, -0.2) is 4.68 Å². The third kappa shape index (κ3) is 4.26. The fraction of sp³-hybridized carbons (Fsp3) is 0.273. The highest BCUT2D eigenvalue weighted by atomic mass is 16.1. The van der Waals surface area contributed by atoms with Crippen LogP contribution in [0.5, 0.6) is 0 Å². The molecule has 0 aliphatic heterocycles. The Hall–Kier alpha value is -2.92. The highest BCUT2D eigenvalue weighted by Gasteiger charge is 2.19. The van der Waals surface area contributed by atoms with Crippen LogP contribution < -0.4 is 10.6 Å². The summed E-state index contributed by atoms with van der Waals surface area (Å²) in [5, 5.41) is 10.8. The van der Waals surface area contributed by atoms with Crippen molar-refractivity contribution in [2.75, 3.05) is 13.1 Å². The molecule has 0 radical (unpaired) electrons. The average molecular weight is 360 g/mol. The number of hydrogen-bond donors (Lipinski definition) is 2. The number of nitrogens with zero attached hydrogens (tertiary/aromatic N) is 2. The smallest absolute Gasteiger partial charge is 0.254 e. The van der Waals surface area contributed by atoms with Gasteiger partial charge in [-0.3, -0.25) is 4.79 Å². The number of amides is 1. The Labute approximate surface area is 159 Å². The molecule has 1 aliphatic carbocycles. The number of carbonyl (C=O) groups excluding carboxylic acids is 1. The minimum absolute atomic E-state index is 0.0783. The van der Waals surface area contributed by atoms with Crippen LogP contribution >= 0.6 is 0 Å². The van der Waals surface area contributed by atoms with Crippen molar-refractivity contribution in [3.05, 3.63) is 83.7 Å². The molecule has 5 heteroatoms. The van der Waals surface area contributed by atoms with Gasteiger partial charge in [-0.1, -0.05) is 42.5 Å². The zero-order chi connectivity index (χ0) is 18.5. The van der Waals surface area contributed by atoms with Crippen molar-refractivity contribution in [3.8, 4) is 5.69 Å². The van der Waals surface area contributed by atoms with Gasteiger partial charge in [0, 0.05) is 18.8 Å². The number of carbonyl (C=O) groups is 1. The largest absolute Gasteiger partial charge is 0.352 e. The van der Waals surface area contributed by atoms with E-state index in [9.17, 15) is 4.79 Å². The van der Waals surface area contributed by atoms with Gasteiger partial charge in [-0.2, -0.15) is 5.10 Å². The zero-order valence-electron chi connectivity index (χ0n) is 15.3. The van der Waals surface area contributed by atoms with E-state index in [-0.39, 0.29) is 5.91 Å². The van der Waals surface area contributed by atoms with Crippen LogP contribution in [0.4, 0.5) is 0 Å². The Kier molecular flexibility index (Phi) is 5.30. The van der Waals surface area contributed by atoms with Crippen molar-refractivity contribution in [1.29, 1.82) is 0 Å². The van der Waals surface area contributed by atoms with Crippen molar-refractivity contribution in [2.24, 2.45) is 0 Å². The first-order chi connectivity index (χ1) is 13.3. The number of benzene rings is 2. The normalized spacial score (nSPS) is 13.5. The second-order valence-electron chi connectivity index (χ2n) is 6.95. The third-order valence-corrected chi connectivity index (χ3v) is 4.99. The summed E-state index contributed by atoms with van der Waals surface area (Å²) >= 11 is 0. The molecule has 1 aliphatic rings. The van der Waals surface area contributed by atoms with Crippen LogP contribution in [-0.2, 0) is 12.8 Å². The van der Waals surface area contributed by atoms with Crippen molar-refractivity contribution in [1.82, 2.24) is 20.4 Å². The molecule has 0 atom stereocenters. The van der Waals surface area contributed by atoms with E-state index in [0.29, 0.717) is 18.2 Å². The SMILES string of the molecule is O=C(NCCCNC1Cc2ccccc2C1)c1cnn(-c2ccccc2)c1. The van der Waals surface area contributed by atoms with E-state index in [1.165, 1.54) is 11.1 Å². The molecular weight excluding hydrogens is 336 g/mol. The molecule has 0 bridgehead atoms. The first-order valence-electron chi connectivity index (χ1n) is 9.48. The fourth-order valence-corrected chi connectivity index (χ4v) is 3.56. The van der Waals surface area contributed by atoms with Crippen LogP contribution in [0.15, 0.2) is 67.0 Å². The van der Waals surface area contributed by atoms with Crippen LogP contribution in [0.25, 0.3) is 5.69 Å². The molecule has 2 N–H and O–H groups in total. The maximum atomic E-state index is 12.3. The van der Waals surface area contributed by atoms with Gasteiger partial charge in [0.05, 0.1) is 17.4 Å². The first-order valence-corrected chi connectivity index (χ1v) is 9.48. The first kappa shape index (κ1) is 17.5.